The quantitative estimate of drug-likeness (QED) is 0.852. The van der Waals surface area contributed by atoms with E-state index in [1.807, 2.05) is 31.2 Å². The molecule has 92 valence electrons. The number of aliphatic hydroxyl groups excluding tert-OH is 1. The van der Waals surface area contributed by atoms with E-state index in [-0.39, 0.29) is 12.7 Å². The average molecular weight is 235 g/mol. The summed E-state index contributed by atoms with van der Waals surface area (Å²) in [4.78, 5) is 13.4. The summed E-state index contributed by atoms with van der Waals surface area (Å²) in [5, 5.41) is 9.52. The molecule has 1 heterocycles. The van der Waals surface area contributed by atoms with Crippen LogP contribution < -0.4 is 4.90 Å². The van der Waals surface area contributed by atoms with Crippen molar-refractivity contribution in [3.63, 3.8) is 0 Å². The Morgan fingerprint density at radius 3 is 2.88 bits per heavy atom. The fourth-order valence-electron chi connectivity index (χ4n) is 2.24. The number of para-hydroxylation sites is 1. The van der Waals surface area contributed by atoms with Crippen LogP contribution in [0.1, 0.15) is 19.4 Å². The Labute approximate surface area is 101 Å². The standard InChI is InChI=1S/C13H17NO3/c1-3-17-12(16)14-8-13(2,9-15)10-6-4-5-7-11(10)14/h4-7,15H,3,8-9H2,1-2H3. The highest BCUT2D eigenvalue weighted by atomic mass is 16.6. The summed E-state index contributed by atoms with van der Waals surface area (Å²) in [5.74, 6) is 0. The Morgan fingerprint density at radius 2 is 2.24 bits per heavy atom. The lowest BCUT2D eigenvalue weighted by Gasteiger charge is -2.22. The van der Waals surface area contributed by atoms with Gasteiger partial charge < -0.3 is 9.84 Å². The third-order valence-electron chi connectivity index (χ3n) is 3.19. The maximum atomic E-state index is 11.8. The second kappa shape index (κ2) is 4.37. The SMILES string of the molecule is CCOC(=O)N1CC(C)(CO)c2ccccc21. The molecule has 1 unspecified atom stereocenters. The van der Waals surface area contributed by atoms with Gasteiger partial charge in [-0.25, -0.2) is 4.79 Å². The Kier molecular flexibility index (Phi) is 3.07. The smallest absolute Gasteiger partial charge is 0.414 e. The first-order valence-corrected chi connectivity index (χ1v) is 5.77. The summed E-state index contributed by atoms with van der Waals surface area (Å²) in [6.07, 6.45) is -0.350. The van der Waals surface area contributed by atoms with Gasteiger partial charge in [-0.1, -0.05) is 25.1 Å². The molecule has 1 aliphatic rings. The van der Waals surface area contributed by atoms with Crippen molar-refractivity contribution in [3.05, 3.63) is 29.8 Å². The Bertz CT molecular complexity index is 432. The van der Waals surface area contributed by atoms with Gasteiger partial charge in [0.25, 0.3) is 0 Å². The largest absolute Gasteiger partial charge is 0.449 e. The molecular weight excluding hydrogens is 218 g/mol. The lowest BCUT2D eigenvalue weighted by Crippen LogP contribution is -2.37. The van der Waals surface area contributed by atoms with E-state index in [2.05, 4.69) is 0 Å². The molecule has 17 heavy (non-hydrogen) atoms. The molecule has 4 heteroatoms. The van der Waals surface area contributed by atoms with Crippen LogP contribution in [0.2, 0.25) is 0 Å². The van der Waals surface area contributed by atoms with Crippen molar-refractivity contribution in [2.45, 2.75) is 19.3 Å². The summed E-state index contributed by atoms with van der Waals surface area (Å²) >= 11 is 0. The molecule has 0 saturated carbocycles. The second-order valence-corrected chi connectivity index (χ2v) is 4.52. The van der Waals surface area contributed by atoms with Crippen molar-refractivity contribution in [1.82, 2.24) is 0 Å². The minimum Gasteiger partial charge on any atom is -0.449 e. The van der Waals surface area contributed by atoms with Gasteiger partial charge in [-0.2, -0.15) is 0 Å². The van der Waals surface area contributed by atoms with Crippen LogP contribution in [0.3, 0.4) is 0 Å². The van der Waals surface area contributed by atoms with Crippen LogP contribution in [0.25, 0.3) is 0 Å². The molecule has 0 fully saturated rings. The molecule has 4 nitrogen and oxygen atoms in total. The van der Waals surface area contributed by atoms with Crippen molar-refractivity contribution in [2.75, 3.05) is 24.7 Å². The number of rotatable bonds is 2. The van der Waals surface area contributed by atoms with Crippen molar-refractivity contribution in [2.24, 2.45) is 0 Å². The molecule has 0 aromatic heterocycles. The van der Waals surface area contributed by atoms with Gasteiger partial charge in [-0.15, -0.1) is 0 Å². The van der Waals surface area contributed by atoms with Crippen LogP contribution in [0.4, 0.5) is 10.5 Å². The highest BCUT2D eigenvalue weighted by Gasteiger charge is 2.41. The zero-order valence-electron chi connectivity index (χ0n) is 10.1. The van der Waals surface area contributed by atoms with Gasteiger partial charge in [0.1, 0.15) is 0 Å². The van der Waals surface area contributed by atoms with Gasteiger partial charge in [-0.05, 0) is 18.6 Å². The highest BCUT2D eigenvalue weighted by Crippen LogP contribution is 2.40. The second-order valence-electron chi connectivity index (χ2n) is 4.52. The van der Waals surface area contributed by atoms with E-state index in [1.54, 1.807) is 11.8 Å². The molecule has 1 amide bonds. The van der Waals surface area contributed by atoms with Gasteiger partial charge in [0.15, 0.2) is 0 Å². The van der Waals surface area contributed by atoms with E-state index in [0.29, 0.717) is 13.2 Å². The van der Waals surface area contributed by atoms with Crippen molar-refractivity contribution >= 4 is 11.8 Å². The number of fused-ring (bicyclic) bond motifs is 1. The average Bonchev–Trinajstić information content (AvgIpc) is 2.65. The van der Waals surface area contributed by atoms with Crippen molar-refractivity contribution in [1.29, 1.82) is 0 Å². The summed E-state index contributed by atoms with van der Waals surface area (Å²) in [7, 11) is 0. The molecule has 1 aromatic carbocycles. The summed E-state index contributed by atoms with van der Waals surface area (Å²) in [6.45, 7) is 4.56. The normalized spacial score (nSPS) is 22.4. The molecule has 1 N–H and O–H groups in total. The third-order valence-corrected chi connectivity index (χ3v) is 3.19. The van der Waals surface area contributed by atoms with Gasteiger partial charge in [0.05, 0.1) is 18.9 Å². The maximum absolute atomic E-state index is 11.8. The van der Waals surface area contributed by atoms with Crippen LogP contribution in [-0.4, -0.2) is 31.0 Å². The molecule has 1 aliphatic heterocycles. The number of hydrogen-bond donors (Lipinski definition) is 1. The number of hydrogen-bond acceptors (Lipinski definition) is 3. The molecule has 1 atom stereocenters. The first kappa shape index (κ1) is 11.9. The number of aliphatic hydroxyl groups is 1. The summed E-state index contributed by atoms with van der Waals surface area (Å²) in [6, 6.07) is 7.63. The van der Waals surface area contributed by atoms with Crippen molar-refractivity contribution < 1.29 is 14.6 Å². The highest BCUT2D eigenvalue weighted by molar-refractivity contribution is 5.91. The third kappa shape index (κ3) is 1.89. The van der Waals surface area contributed by atoms with Crippen LogP contribution in [-0.2, 0) is 10.2 Å². The number of amides is 1. The van der Waals surface area contributed by atoms with E-state index in [0.717, 1.165) is 11.3 Å². The molecule has 0 bridgehead atoms. The van der Waals surface area contributed by atoms with Crippen LogP contribution in [0, 0.1) is 0 Å². The summed E-state index contributed by atoms with van der Waals surface area (Å²) in [5.41, 5.74) is 1.43. The first-order valence-electron chi connectivity index (χ1n) is 5.77. The predicted molar refractivity (Wildman–Crippen MR) is 65.2 cm³/mol. The van der Waals surface area contributed by atoms with Gasteiger partial charge in [-0.3, -0.25) is 4.90 Å². The Balaban J connectivity index is 2.38. The van der Waals surface area contributed by atoms with Crippen LogP contribution in [0.15, 0.2) is 24.3 Å². The Morgan fingerprint density at radius 1 is 1.53 bits per heavy atom. The van der Waals surface area contributed by atoms with E-state index in [1.165, 1.54) is 0 Å². The number of nitrogens with zero attached hydrogens (tertiary/aromatic N) is 1. The fourth-order valence-corrected chi connectivity index (χ4v) is 2.24. The maximum Gasteiger partial charge on any atom is 0.414 e. The van der Waals surface area contributed by atoms with Gasteiger partial charge in [0.2, 0.25) is 0 Å². The molecule has 0 radical (unpaired) electrons. The van der Waals surface area contributed by atoms with E-state index < -0.39 is 5.41 Å². The number of carbonyl (C=O) groups excluding carboxylic acids is 1. The van der Waals surface area contributed by atoms with Gasteiger partial charge in [0, 0.05) is 12.0 Å². The predicted octanol–water partition coefficient (Wildman–Crippen LogP) is 1.91. The number of benzene rings is 1. The number of ether oxygens (including phenoxy) is 1. The minimum atomic E-state index is -0.399. The lowest BCUT2D eigenvalue weighted by atomic mass is 9.86. The molecule has 0 spiro atoms. The van der Waals surface area contributed by atoms with Crippen LogP contribution in [0.5, 0.6) is 0 Å². The topological polar surface area (TPSA) is 49.8 Å². The zero-order valence-corrected chi connectivity index (χ0v) is 10.1. The van der Waals surface area contributed by atoms with E-state index in [9.17, 15) is 9.90 Å². The minimum absolute atomic E-state index is 0.0138. The molecular formula is C13H17NO3. The number of anilines is 1. The van der Waals surface area contributed by atoms with Gasteiger partial charge >= 0.3 is 6.09 Å². The molecule has 0 saturated heterocycles. The Hall–Kier alpha value is -1.55. The lowest BCUT2D eigenvalue weighted by molar-refractivity contribution is 0.156. The fraction of sp³-hybridized carbons (Fsp3) is 0.462. The number of carbonyl (C=O) groups is 1. The summed E-state index contributed by atoms with van der Waals surface area (Å²) < 4.78 is 5.03. The zero-order chi connectivity index (χ0) is 12.5. The molecule has 2 rings (SSSR count). The van der Waals surface area contributed by atoms with E-state index in [4.69, 9.17) is 4.74 Å². The van der Waals surface area contributed by atoms with Crippen LogP contribution >= 0.6 is 0 Å². The van der Waals surface area contributed by atoms with E-state index >= 15 is 0 Å². The molecule has 1 aromatic rings. The van der Waals surface area contributed by atoms with Crippen molar-refractivity contribution in [3.8, 4) is 0 Å². The molecule has 0 aliphatic carbocycles. The first-order chi connectivity index (χ1) is 8.12. The monoisotopic (exact) mass is 235 g/mol.